The van der Waals surface area contributed by atoms with E-state index in [2.05, 4.69) is 16.0 Å². The second-order valence-corrected chi connectivity index (χ2v) is 3.61. The second kappa shape index (κ2) is 2.55. The molecule has 0 saturated heterocycles. The van der Waals surface area contributed by atoms with Crippen LogP contribution in [0.1, 0.15) is 30.9 Å². The summed E-state index contributed by atoms with van der Waals surface area (Å²) < 4.78 is 1.95. The van der Waals surface area contributed by atoms with Gasteiger partial charge in [-0.05, 0) is 18.9 Å². The third-order valence-electron chi connectivity index (χ3n) is 2.81. The van der Waals surface area contributed by atoms with Gasteiger partial charge < -0.3 is 0 Å². The van der Waals surface area contributed by atoms with Gasteiger partial charge in [0.1, 0.15) is 0 Å². The van der Waals surface area contributed by atoms with Gasteiger partial charge in [0.15, 0.2) is 0 Å². The molecule has 0 spiro atoms. The zero-order valence-corrected chi connectivity index (χ0v) is 7.35. The van der Waals surface area contributed by atoms with Crippen molar-refractivity contribution in [3.8, 4) is 0 Å². The summed E-state index contributed by atoms with van der Waals surface area (Å²) >= 11 is 0. The number of aromatic nitrogens is 3. The smallest absolute Gasteiger partial charge is 0.233 e. The van der Waals surface area contributed by atoms with Crippen molar-refractivity contribution in [2.24, 2.45) is 0 Å². The molecule has 1 saturated carbocycles. The molecule has 3 heteroatoms. The Morgan fingerprint density at radius 3 is 3.00 bits per heavy atom. The molecule has 0 aliphatic heterocycles. The highest BCUT2D eigenvalue weighted by Gasteiger charge is 2.20. The zero-order chi connectivity index (χ0) is 8.67. The summed E-state index contributed by atoms with van der Waals surface area (Å²) in [4.78, 5) is 8.68. The molecule has 13 heavy (non-hydrogen) atoms. The minimum Gasteiger partial charge on any atom is -0.291 e. The fraction of sp³-hybridized carbons (Fsp3) is 0.400. The highest BCUT2D eigenvalue weighted by molar-refractivity contribution is 5.30. The fourth-order valence-corrected chi connectivity index (χ4v) is 1.75. The van der Waals surface area contributed by atoms with Gasteiger partial charge in [0.25, 0.3) is 0 Å². The number of rotatable bonds is 1. The van der Waals surface area contributed by atoms with E-state index in [0.29, 0.717) is 5.92 Å². The van der Waals surface area contributed by atoms with Crippen molar-refractivity contribution in [3.05, 3.63) is 30.4 Å². The zero-order valence-electron chi connectivity index (χ0n) is 7.35. The van der Waals surface area contributed by atoms with E-state index in [9.17, 15) is 0 Å². The summed E-state index contributed by atoms with van der Waals surface area (Å²) in [7, 11) is 0. The number of nitrogens with zero attached hydrogens (tertiary/aromatic N) is 3. The molecule has 3 rings (SSSR count). The van der Waals surface area contributed by atoms with E-state index in [1.165, 1.54) is 25.0 Å². The summed E-state index contributed by atoms with van der Waals surface area (Å²) in [5.74, 6) is 1.52. The normalized spacial score (nSPS) is 17.5. The van der Waals surface area contributed by atoms with Crippen molar-refractivity contribution in [3.63, 3.8) is 0 Å². The Bertz CT molecular complexity index is 428. The van der Waals surface area contributed by atoms with Gasteiger partial charge in [-0.25, -0.2) is 9.97 Å². The van der Waals surface area contributed by atoms with E-state index in [4.69, 9.17) is 0 Å². The average Bonchev–Trinajstić information content (AvgIpc) is 2.47. The molecule has 0 unspecified atom stereocenters. The fourth-order valence-electron chi connectivity index (χ4n) is 1.75. The van der Waals surface area contributed by atoms with Gasteiger partial charge in [0.2, 0.25) is 5.78 Å². The monoisotopic (exact) mass is 173 g/mol. The largest absolute Gasteiger partial charge is 0.291 e. The lowest BCUT2D eigenvalue weighted by atomic mass is 9.83. The van der Waals surface area contributed by atoms with Crippen LogP contribution < -0.4 is 0 Å². The highest BCUT2D eigenvalue weighted by Crippen LogP contribution is 2.34. The first-order chi connectivity index (χ1) is 6.43. The molecule has 2 aromatic rings. The number of fused-ring (bicyclic) bond motifs is 1. The molecular formula is C10H11N3. The van der Waals surface area contributed by atoms with Crippen molar-refractivity contribution in [2.45, 2.75) is 25.2 Å². The van der Waals surface area contributed by atoms with E-state index in [-0.39, 0.29) is 0 Å². The number of hydrogen-bond donors (Lipinski definition) is 0. The Labute approximate surface area is 76.4 Å². The Kier molecular flexibility index (Phi) is 1.39. The Morgan fingerprint density at radius 1 is 1.31 bits per heavy atom. The maximum atomic E-state index is 4.51. The Balaban J connectivity index is 2.09. The van der Waals surface area contributed by atoms with Gasteiger partial charge >= 0.3 is 0 Å². The van der Waals surface area contributed by atoms with E-state index in [0.717, 1.165) is 5.78 Å². The average molecular weight is 173 g/mol. The first-order valence-corrected chi connectivity index (χ1v) is 4.73. The van der Waals surface area contributed by atoms with Gasteiger partial charge in [-0.3, -0.25) is 4.40 Å². The van der Waals surface area contributed by atoms with Crippen LogP contribution in [0.2, 0.25) is 0 Å². The van der Waals surface area contributed by atoms with Crippen LogP contribution in [0.3, 0.4) is 0 Å². The van der Waals surface area contributed by atoms with Crippen LogP contribution in [0.5, 0.6) is 0 Å². The van der Waals surface area contributed by atoms with Crippen LogP contribution in [-0.2, 0) is 0 Å². The van der Waals surface area contributed by atoms with E-state index >= 15 is 0 Å². The van der Waals surface area contributed by atoms with Crippen molar-refractivity contribution >= 4 is 5.78 Å². The van der Waals surface area contributed by atoms with Gasteiger partial charge in [-0.15, -0.1) is 0 Å². The summed E-state index contributed by atoms with van der Waals surface area (Å²) in [6, 6.07) is 2.11. The van der Waals surface area contributed by atoms with Crippen molar-refractivity contribution < 1.29 is 0 Å². The van der Waals surface area contributed by atoms with Crippen molar-refractivity contribution in [2.75, 3.05) is 0 Å². The van der Waals surface area contributed by atoms with Gasteiger partial charge in [-0.1, -0.05) is 6.42 Å². The molecule has 1 aliphatic rings. The quantitative estimate of drug-likeness (QED) is 0.660. The van der Waals surface area contributed by atoms with E-state index < -0.39 is 0 Å². The summed E-state index contributed by atoms with van der Waals surface area (Å²) in [5, 5.41) is 0. The topological polar surface area (TPSA) is 30.2 Å². The van der Waals surface area contributed by atoms with Crippen LogP contribution in [0.25, 0.3) is 5.78 Å². The van der Waals surface area contributed by atoms with Gasteiger partial charge in [0.05, 0.1) is 0 Å². The lowest BCUT2D eigenvalue weighted by Gasteiger charge is -2.24. The molecule has 0 bridgehead atoms. The standard InChI is InChI=1S/C10H11N3/c1-2-8(3-1)9-4-6-13-7-5-11-10(13)12-9/h4-8H,1-3H2. The molecule has 0 N–H and O–H groups in total. The lowest BCUT2D eigenvalue weighted by molar-refractivity contribution is 0.411. The predicted molar refractivity (Wildman–Crippen MR) is 49.6 cm³/mol. The first-order valence-electron chi connectivity index (χ1n) is 4.73. The van der Waals surface area contributed by atoms with Crippen LogP contribution in [0, 0.1) is 0 Å². The third kappa shape index (κ3) is 1.03. The molecule has 0 radical (unpaired) electrons. The predicted octanol–water partition coefficient (Wildman–Crippen LogP) is 2.00. The Hall–Kier alpha value is -1.38. The van der Waals surface area contributed by atoms with E-state index in [1.807, 2.05) is 16.8 Å². The molecule has 0 amide bonds. The minimum atomic E-state index is 0.696. The molecule has 0 aromatic carbocycles. The molecule has 0 atom stereocenters. The summed E-state index contributed by atoms with van der Waals surface area (Å²) in [6.45, 7) is 0. The van der Waals surface area contributed by atoms with Crippen LogP contribution in [0.4, 0.5) is 0 Å². The third-order valence-corrected chi connectivity index (χ3v) is 2.81. The molecule has 66 valence electrons. The van der Waals surface area contributed by atoms with Crippen molar-refractivity contribution in [1.29, 1.82) is 0 Å². The maximum Gasteiger partial charge on any atom is 0.233 e. The summed E-state index contributed by atoms with van der Waals surface area (Å²) in [5.41, 5.74) is 1.21. The number of hydrogen-bond acceptors (Lipinski definition) is 2. The van der Waals surface area contributed by atoms with Crippen molar-refractivity contribution in [1.82, 2.24) is 14.4 Å². The first kappa shape index (κ1) is 7.06. The molecule has 1 fully saturated rings. The number of imidazole rings is 1. The minimum absolute atomic E-state index is 0.696. The molecule has 2 heterocycles. The van der Waals surface area contributed by atoms with Gasteiger partial charge in [0, 0.05) is 30.2 Å². The van der Waals surface area contributed by atoms with E-state index in [1.54, 1.807) is 6.20 Å². The molecular weight excluding hydrogens is 162 g/mol. The molecule has 1 aliphatic carbocycles. The lowest BCUT2D eigenvalue weighted by Crippen LogP contribution is -2.11. The van der Waals surface area contributed by atoms with Crippen LogP contribution >= 0.6 is 0 Å². The summed E-state index contributed by atoms with van der Waals surface area (Å²) in [6.07, 6.45) is 9.70. The highest BCUT2D eigenvalue weighted by atomic mass is 15.1. The molecule has 2 aromatic heterocycles. The van der Waals surface area contributed by atoms with Crippen LogP contribution in [0.15, 0.2) is 24.7 Å². The Morgan fingerprint density at radius 2 is 2.23 bits per heavy atom. The van der Waals surface area contributed by atoms with Crippen LogP contribution in [-0.4, -0.2) is 14.4 Å². The second-order valence-electron chi connectivity index (χ2n) is 3.61. The molecule has 3 nitrogen and oxygen atoms in total. The SMILES string of the molecule is c1cn2ccc(C3CCC3)nc2n1. The van der Waals surface area contributed by atoms with Gasteiger partial charge in [-0.2, -0.15) is 0 Å². The maximum absolute atomic E-state index is 4.51.